The number of allylic oxidation sites excluding steroid dienone is 3. The van der Waals surface area contributed by atoms with E-state index >= 15 is 0 Å². The maximum Gasteiger partial charge on any atom is 0.303 e. The normalized spacial score (nSPS) is 44.9. The minimum atomic E-state index is -1.29. The molecule has 4 aliphatic carbocycles. The standard InChI is InChI=1S/C24H32O6/c1-13-9-16-17-6-8-24(21(29)12-25,30-14(2)26)22(17,3)7-5-18(16)23(4)19(13)10-15(27)11-20(23)28/h10-11,13,16-18,25,27H,5-9,12H2,1-4H3/t13?,16-,17-,18-,22-,23+,24+/m0/s1. The highest BCUT2D eigenvalue weighted by molar-refractivity contribution is 5.99. The number of hydrogen-bond donors (Lipinski definition) is 2. The molecule has 0 spiro atoms. The van der Waals surface area contributed by atoms with Gasteiger partial charge in [-0.05, 0) is 74.3 Å². The second-order valence-electron chi connectivity index (χ2n) is 10.2. The number of Topliss-reactive ketones (excluding diaryl/α,β-unsaturated/α-hetero) is 1. The zero-order chi connectivity index (χ0) is 22.1. The van der Waals surface area contributed by atoms with Crippen LogP contribution in [0.2, 0.25) is 0 Å². The number of fused-ring (bicyclic) bond motifs is 5. The molecule has 6 heteroatoms. The second kappa shape index (κ2) is 6.78. The van der Waals surface area contributed by atoms with E-state index in [4.69, 9.17) is 4.74 Å². The van der Waals surface area contributed by atoms with Crippen molar-refractivity contribution >= 4 is 17.5 Å². The Morgan fingerprint density at radius 1 is 1.17 bits per heavy atom. The quantitative estimate of drug-likeness (QED) is 0.685. The summed E-state index contributed by atoms with van der Waals surface area (Å²) in [6.07, 6.45) is 6.52. The molecule has 2 N–H and O–H groups in total. The molecule has 1 unspecified atom stereocenters. The van der Waals surface area contributed by atoms with Crippen LogP contribution in [0, 0.1) is 34.5 Å². The third-order valence-electron chi connectivity index (χ3n) is 9.06. The van der Waals surface area contributed by atoms with Crippen molar-refractivity contribution in [3.63, 3.8) is 0 Å². The molecular formula is C24H32O6. The first-order chi connectivity index (χ1) is 14.0. The Bertz CT molecular complexity index is 871. The molecule has 6 nitrogen and oxygen atoms in total. The van der Waals surface area contributed by atoms with Gasteiger partial charge >= 0.3 is 5.97 Å². The van der Waals surface area contributed by atoms with Crippen molar-refractivity contribution in [3.05, 3.63) is 23.5 Å². The van der Waals surface area contributed by atoms with Gasteiger partial charge in [-0.3, -0.25) is 14.4 Å². The van der Waals surface area contributed by atoms with Gasteiger partial charge in [0.05, 0.1) is 5.41 Å². The van der Waals surface area contributed by atoms with Crippen LogP contribution in [0.15, 0.2) is 23.5 Å². The number of aliphatic hydroxyl groups excluding tert-OH is 2. The summed E-state index contributed by atoms with van der Waals surface area (Å²) in [4.78, 5) is 38.0. The van der Waals surface area contributed by atoms with E-state index in [1.54, 1.807) is 6.08 Å². The zero-order valence-electron chi connectivity index (χ0n) is 18.2. The first-order valence-corrected chi connectivity index (χ1v) is 11.0. The van der Waals surface area contributed by atoms with Gasteiger partial charge in [-0.15, -0.1) is 0 Å². The van der Waals surface area contributed by atoms with E-state index in [2.05, 4.69) is 6.92 Å². The fourth-order valence-electron chi connectivity index (χ4n) is 7.75. The Kier molecular flexibility index (Phi) is 4.81. The number of esters is 1. The molecule has 30 heavy (non-hydrogen) atoms. The molecule has 0 aromatic rings. The van der Waals surface area contributed by atoms with Gasteiger partial charge in [0.25, 0.3) is 0 Å². The Labute approximate surface area is 177 Å². The highest BCUT2D eigenvalue weighted by Crippen LogP contribution is 2.68. The predicted octanol–water partition coefficient (Wildman–Crippen LogP) is 3.29. The highest BCUT2D eigenvalue weighted by Gasteiger charge is 2.69. The Morgan fingerprint density at radius 3 is 2.47 bits per heavy atom. The average Bonchev–Trinajstić information content (AvgIpc) is 2.96. The third-order valence-corrected chi connectivity index (χ3v) is 9.06. The van der Waals surface area contributed by atoms with Crippen LogP contribution in [0.25, 0.3) is 0 Å². The Balaban J connectivity index is 1.76. The summed E-state index contributed by atoms with van der Waals surface area (Å²) in [5.74, 6) is -0.346. The van der Waals surface area contributed by atoms with Crippen LogP contribution in [0.5, 0.6) is 0 Å². The van der Waals surface area contributed by atoms with Gasteiger partial charge in [-0.1, -0.05) is 13.8 Å². The molecular weight excluding hydrogens is 384 g/mol. The number of aliphatic hydroxyl groups is 2. The maximum atomic E-state index is 13.1. The SMILES string of the molecule is CC(=O)O[C@@]1(C(=O)CO)CC[C@H]2[C@@H]3CC(C)C4=CC(O)=CC(=O)[C@]4(C)[C@H]3CC[C@@]21C. The summed E-state index contributed by atoms with van der Waals surface area (Å²) in [5.41, 5.74) is -1.50. The topological polar surface area (TPSA) is 101 Å². The molecule has 164 valence electrons. The largest absolute Gasteiger partial charge is 0.508 e. The molecule has 0 amide bonds. The van der Waals surface area contributed by atoms with Crippen molar-refractivity contribution < 1.29 is 29.3 Å². The smallest absolute Gasteiger partial charge is 0.303 e. The number of hydrogen-bond acceptors (Lipinski definition) is 6. The summed E-state index contributed by atoms with van der Waals surface area (Å²) < 4.78 is 5.73. The van der Waals surface area contributed by atoms with Crippen molar-refractivity contribution in [2.24, 2.45) is 34.5 Å². The minimum Gasteiger partial charge on any atom is -0.508 e. The van der Waals surface area contributed by atoms with E-state index in [9.17, 15) is 24.6 Å². The lowest BCUT2D eigenvalue weighted by atomic mass is 9.45. The molecule has 4 rings (SSSR count). The summed E-state index contributed by atoms with van der Waals surface area (Å²) in [6, 6.07) is 0. The summed E-state index contributed by atoms with van der Waals surface area (Å²) in [5, 5.41) is 19.7. The van der Waals surface area contributed by atoms with Gasteiger partial charge in [-0.25, -0.2) is 0 Å². The van der Waals surface area contributed by atoms with Crippen molar-refractivity contribution in [3.8, 4) is 0 Å². The monoisotopic (exact) mass is 416 g/mol. The average molecular weight is 417 g/mol. The molecule has 3 fully saturated rings. The van der Waals surface area contributed by atoms with Crippen LogP contribution < -0.4 is 0 Å². The highest BCUT2D eigenvalue weighted by atomic mass is 16.6. The lowest BCUT2D eigenvalue weighted by Crippen LogP contribution is -2.60. The molecule has 0 heterocycles. The minimum absolute atomic E-state index is 0.0294. The summed E-state index contributed by atoms with van der Waals surface area (Å²) in [6.45, 7) is 6.81. The molecule has 4 aliphatic rings. The first-order valence-electron chi connectivity index (χ1n) is 11.0. The Morgan fingerprint density at radius 2 is 1.83 bits per heavy atom. The van der Waals surface area contributed by atoms with Crippen molar-refractivity contribution in [1.29, 1.82) is 0 Å². The van der Waals surface area contributed by atoms with Gasteiger partial charge < -0.3 is 14.9 Å². The van der Waals surface area contributed by atoms with Crippen LogP contribution in [-0.2, 0) is 19.1 Å². The molecule has 7 atom stereocenters. The number of ketones is 2. The van der Waals surface area contributed by atoms with E-state index in [1.165, 1.54) is 13.0 Å². The molecule has 0 aromatic heterocycles. The van der Waals surface area contributed by atoms with Crippen LogP contribution in [0.3, 0.4) is 0 Å². The van der Waals surface area contributed by atoms with E-state index in [-0.39, 0.29) is 35.2 Å². The van der Waals surface area contributed by atoms with Crippen LogP contribution in [-0.4, -0.2) is 40.0 Å². The summed E-state index contributed by atoms with van der Waals surface area (Å²) in [7, 11) is 0. The van der Waals surface area contributed by atoms with Gasteiger partial charge in [0.1, 0.15) is 12.4 Å². The molecule has 0 radical (unpaired) electrons. The van der Waals surface area contributed by atoms with Crippen molar-refractivity contribution in [2.45, 2.75) is 65.4 Å². The lowest BCUT2D eigenvalue weighted by Gasteiger charge is -2.59. The van der Waals surface area contributed by atoms with Gasteiger partial charge in [0.15, 0.2) is 11.4 Å². The Hall–Kier alpha value is -1.95. The van der Waals surface area contributed by atoms with E-state index in [0.717, 1.165) is 24.8 Å². The number of ether oxygens (including phenoxy) is 1. The van der Waals surface area contributed by atoms with Crippen LogP contribution in [0.1, 0.15) is 59.8 Å². The second-order valence-corrected chi connectivity index (χ2v) is 10.2. The van der Waals surface area contributed by atoms with E-state index in [1.807, 2.05) is 13.8 Å². The first kappa shape index (κ1) is 21.3. The molecule has 0 saturated heterocycles. The number of carbonyl (C=O) groups excluding carboxylic acids is 3. The molecule has 0 aliphatic heterocycles. The fourth-order valence-corrected chi connectivity index (χ4v) is 7.75. The molecule has 0 aromatic carbocycles. The lowest BCUT2D eigenvalue weighted by molar-refractivity contribution is -0.190. The third kappa shape index (κ3) is 2.55. The zero-order valence-corrected chi connectivity index (χ0v) is 18.2. The van der Waals surface area contributed by atoms with E-state index < -0.39 is 34.8 Å². The van der Waals surface area contributed by atoms with Crippen molar-refractivity contribution in [1.82, 2.24) is 0 Å². The number of carbonyl (C=O) groups is 3. The van der Waals surface area contributed by atoms with Crippen molar-refractivity contribution in [2.75, 3.05) is 6.61 Å². The predicted molar refractivity (Wildman–Crippen MR) is 109 cm³/mol. The maximum absolute atomic E-state index is 13.1. The van der Waals surface area contributed by atoms with Gasteiger partial charge in [-0.2, -0.15) is 0 Å². The van der Waals surface area contributed by atoms with E-state index in [0.29, 0.717) is 12.8 Å². The fraction of sp³-hybridized carbons (Fsp3) is 0.708. The van der Waals surface area contributed by atoms with Gasteiger partial charge in [0.2, 0.25) is 5.78 Å². The number of rotatable bonds is 3. The molecule has 3 saturated carbocycles. The van der Waals surface area contributed by atoms with Crippen LogP contribution in [0.4, 0.5) is 0 Å². The van der Waals surface area contributed by atoms with Gasteiger partial charge in [0, 0.05) is 18.4 Å². The summed E-state index contributed by atoms with van der Waals surface area (Å²) >= 11 is 0. The molecule has 0 bridgehead atoms. The van der Waals surface area contributed by atoms with Crippen LogP contribution >= 0.6 is 0 Å².